The van der Waals surface area contributed by atoms with E-state index in [4.69, 9.17) is 17.3 Å². The molecule has 9 heteroatoms. The minimum Gasteiger partial charge on any atom is -0.465 e. The van der Waals surface area contributed by atoms with Crippen molar-refractivity contribution in [2.45, 2.75) is 12.7 Å². The lowest BCUT2D eigenvalue weighted by molar-refractivity contribution is -0.137. The van der Waals surface area contributed by atoms with E-state index in [1.165, 1.54) is 29.2 Å². The van der Waals surface area contributed by atoms with Crippen LogP contribution in [0.1, 0.15) is 11.1 Å². The third-order valence-corrected chi connectivity index (χ3v) is 3.68. The van der Waals surface area contributed by atoms with Gasteiger partial charge >= 0.3 is 12.3 Å². The van der Waals surface area contributed by atoms with E-state index in [1.807, 2.05) is 5.32 Å². The molecule has 142 valence electrons. The maximum atomic E-state index is 14.6. The topological polar surface area (TPSA) is 78.6 Å². The van der Waals surface area contributed by atoms with Crippen LogP contribution in [0.5, 0.6) is 0 Å². The van der Waals surface area contributed by atoms with Crippen molar-refractivity contribution in [2.75, 3.05) is 22.5 Å². The van der Waals surface area contributed by atoms with Crippen LogP contribution in [0.25, 0.3) is 0 Å². The Hall–Kier alpha value is -3.41. The van der Waals surface area contributed by atoms with Gasteiger partial charge in [-0.1, -0.05) is 18.1 Å². The van der Waals surface area contributed by atoms with Crippen LogP contribution < -0.4 is 16.0 Å². The molecule has 0 spiro atoms. The van der Waals surface area contributed by atoms with Crippen LogP contribution in [0.15, 0.2) is 36.4 Å². The first-order valence-corrected chi connectivity index (χ1v) is 7.56. The van der Waals surface area contributed by atoms with E-state index >= 15 is 0 Å². The van der Waals surface area contributed by atoms with E-state index in [0.29, 0.717) is 5.56 Å². The van der Waals surface area contributed by atoms with E-state index in [-0.39, 0.29) is 24.5 Å². The van der Waals surface area contributed by atoms with Gasteiger partial charge in [-0.15, -0.1) is 6.42 Å². The maximum Gasteiger partial charge on any atom is 0.416 e. The zero-order valence-corrected chi connectivity index (χ0v) is 13.8. The summed E-state index contributed by atoms with van der Waals surface area (Å²) in [4.78, 5) is 12.1. The molecule has 5 nitrogen and oxygen atoms in total. The van der Waals surface area contributed by atoms with Crippen LogP contribution in [0.3, 0.4) is 0 Å². The second kappa shape index (κ2) is 7.86. The number of alkyl halides is 3. The third kappa shape index (κ3) is 4.82. The molecule has 0 aliphatic heterocycles. The highest BCUT2D eigenvalue weighted by Crippen LogP contribution is 2.32. The van der Waals surface area contributed by atoms with Gasteiger partial charge in [-0.05, 0) is 29.8 Å². The predicted octanol–water partition coefficient (Wildman–Crippen LogP) is 4.16. The number of amides is 1. The summed E-state index contributed by atoms with van der Waals surface area (Å²) in [5.41, 5.74) is 4.76. The van der Waals surface area contributed by atoms with Crippen LogP contribution in [0.4, 0.5) is 39.4 Å². The molecule has 0 bridgehead atoms. The van der Waals surface area contributed by atoms with Crippen LogP contribution in [-0.4, -0.2) is 17.7 Å². The van der Waals surface area contributed by atoms with Gasteiger partial charge < -0.3 is 15.7 Å². The molecule has 0 aliphatic carbocycles. The first-order valence-electron chi connectivity index (χ1n) is 7.56. The summed E-state index contributed by atoms with van der Waals surface area (Å²) >= 11 is 0. The largest absolute Gasteiger partial charge is 0.465 e. The minimum atomic E-state index is -4.45. The average molecular weight is 381 g/mol. The van der Waals surface area contributed by atoms with Gasteiger partial charge in [0.25, 0.3) is 0 Å². The average Bonchev–Trinajstić information content (AvgIpc) is 2.58. The predicted molar refractivity (Wildman–Crippen MR) is 93.8 cm³/mol. The van der Waals surface area contributed by atoms with Gasteiger partial charge in [0.15, 0.2) is 5.82 Å². The summed E-state index contributed by atoms with van der Waals surface area (Å²) in [6, 6.07) is 6.96. The number of hydrogen-bond acceptors (Lipinski definition) is 3. The number of nitrogens with one attached hydrogen (secondary N) is 1. The van der Waals surface area contributed by atoms with Gasteiger partial charge in [-0.25, -0.2) is 9.18 Å². The van der Waals surface area contributed by atoms with Crippen molar-refractivity contribution in [2.24, 2.45) is 0 Å². The third-order valence-electron chi connectivity index (χ3n) is 3.68. The van der Waals surface area contributed by atoms with Crippen molar-refractivity contribution in [1.29, 1.82) is 0 Å². The molecule has 2 rings (SSSR count). The number of carbonyl (C=O) groups is 1. The summed E-state index contributed by atoms with van der Waals surface area (Å²) in [6.45, 7) is -0.00646. The Kier molecular flexibility index (Phi) is 5.80. The molecule has 0 aromatic heterocycles. The lowest BCUT2D eigenvalue weighted by Crippen LogP contribution is -2.24. The van der Waals surface area contributed by atoms with E-state index in [2.05, 4.69) is 5.92 Å². The van der Waals surface area contributed by atoms with E-state index in [1.54, 1.807) is 0 Å². The van der Waals surface area contributed by atoms with E-state index in [0.717, 1.165) is 12.1 Å². The second-order valence-corrected chi connectivity index (χ2v) is 5.54. The molecule has 0 saturated carbocycles. The van der Waals surface area contributed by atoms with Gasteiger partial charge in [0, 0.05) is 6.54 Å². The van der Waals surface area contributed by atoms with Crippen molar-refractivity contribution in [3.05, 3.63) is 53.3 Å². The van der Waals surface area contributed by atoms with Crippen molar-refractivity contribution >= 4 is 23.2 Å². The highest BCUT2D eigenvalue weighted by molar-refractivity contribution is 5.88. The first kappa shape index (κ1) is 19.9. The molecule has 0 aliphatic rings. The van der Waals surface area contributed by atoms with Gasteiger partial charge in [-0.2, -0.15) is 13.2 Å². The Labute approximate surface area is 152 Å². The molecule has 0 atom stereocenters. The maximum absolute atomic E-state index is 14.6. The molecule has 0 fully saturated rings. The minimum absolute atomic E-state index is 0.00119. The SMILES string of the molecule is C#CCN(Cc1ccc(C(F)(F)F)cc1)c1ccc(NC(=O)O)c(N)c1F. The lowest BCUT2D eigenvalue weighted by Gasteiger charge is -2.24. The zero-order valence-electron chi connectivity index (χ0n) is 13.8. The fourth-order valence-electron chi connectivity index (χ4n) is 2.41. The fraction of sp³-hybridized carbons (Fsp3) is 0.167. The molecule has 0 saturated heterocycles. The number of benzene rings is 2. The molecule has 27 heavy (non-hydrogen) atoms. The van der Waals surface area contributed by atoms with E-state index < -0.39 is 29.3 Å². The summed E-state index contributed by atoms with van der Waals surface area (Å²) < 4.78 is 52.5. The Morgan fingerprint density at radius 1 is 1.22 bits per heavy atom. The summed E-state index contributed by atoms with van der Waals surface area (Å²) in [6.07, 6.45) is -0.556. The molecule has 2 aromatic rings. The quantitative estimate of drug-likeness (QED) is 0.413. The van der Waals surface area contributed by atoms with Crippen LogP contribution >= 0.6 is 0 Å². The number of rotatable bonds is 5. The highest BCUT2D eigenvalue weighted by Gasteiger charge is 2.30. The number of hydrogen-bond donors (Lipinski definition) is 3. The van der Waals surface area contributed by atoms with Gasteiger partial charge in [0.2, 0.25) is 0 Å². The monoisotopic (exact) mass is 381 g/mol. The second-order valence-electron chi connectivity index (χ2n) is 5.54. The van der Waals surface area contributed by atoms with Gasteiger partial charge in [-0.3, -0.25) is 5.32 Å². The first-order chi connectivity index (χ1) is 12.6. The normalized spacial score (nSPS) is 10.9. The Bertz CT molecular complexity index is 874. The summed E-state index contributed by atoms with van der Waals surface area (Å²) in [5, 5.41) is 10.7. The smallest absolute Gasteiger partial charge is 0.416 e. The molecule has 2 aromatic carbocycles. The molecule has 0 heterocycles. The van der Waals surface area contributed by atoms with Gasteiger partial charge in [0.05, 0.1) is 29.2 Å². The Morgan fingerprint density at radius 2 is 1.85 bits per heavy atom. The van der Waals surface area contributed by atoms with Crippen molar-refractivity contribution in [1.82, 2.24) is 0 Å². The Balaban J connectivity index is 2.31. The van der Waals surface area contributed by atoms with Gasteiger partial charge in [0.1, 0.15) is 0 Å². The van der Waals surface area contributed by atoms with Crippen LogP contribution in [0, 0.1) is 18.2 Å². The number of carboxylic acid groups (broad SMARTS) is 1. The number of anilines is 3. The molecule has 4 N–H and O–H groups in total. The number of nitrogens with two attached hydrogens (primary N) is 1. The standard InChI is InChI=1S/C18H15F4N3O2/c1-2-9-25(10-11-3-5-12(6-4-11)18(20,21)22)14-8-7-13(24-17(26)27)16(23)15(14)19/h1,3-8,24H,9-10,23H2,(H,26,27). The fourth-order valence-corrected chi connectivity index (χ4v) is 2.41. The summed E-state index contributed by atoms with van der Waals surface area (Å²) in [7, 11) is 0. The lowest BCUT2D eigenvalue weighted by atomic mass is 10.1. The van der Waals surface area contributed by atoms with Crippen molar-refractivity contribution in [3.8, 4) is 12.3 Å². The molecule has 0 radical (unpaired) electrons. The molecule has 1 amide bonds. The number of terminal acetylenes is 1. The van der Waals surface area contributed by atoms with Crippen LogP contribution in [0.2, 0.25) is 0 Å². The van der Waals surface area contributed by atoms with E-state index in [9.17, 15) is 22.4 Å². The molecular weight excluding hydrogens is 366 g/mol. The van der Waals surface area contributed by atoms with Crippen molar-refractivity contribution < 1.29 is 27.5 Å². The molecular formula is C18H15F4N3O2. The number of nitrogens with zero attached hydrogens (tertiary/aromatic N) is 1. The highest BCUT2D eigenvalue weighted by atomic mass is 19.4. The number of halogens is 4. The Morgan fingerprint density at radius 3 is 2.37 bits per heavy atom. The zero-order chi connectivity index (χ0) is 20.2. The summed E-state index contributed by atoms with van der Waals surface area (Å²) in [5.74, 6) is 1.46. The number of nitrogen functional groups attached to an aromatic ring is 1. The van der Waals surface area contributed by atoms with Crippen LogP contribution in [-0.2, 0) is 12.7 Å². The molecule has 0 unspecified atom stereocenters. The van der Waals surface area contributed by atoms with Crippen molar-refractivity contribution in [3.63, 3.8) is 0 Å².